The van der Waals surface area contributed by atoms with Crippen LogP contribution in [0.2, 0.25) is 0 Å². The van der Waals surface area contributed by atoms with Crippen LogP contribution in [0.5, 0.6) is 5.75 Å². The second-order valence-corrected chi connectivity index (χ2v) is 5.44. The minimum Gasteiger partial charge on any atom is -0.497 e. The minimum absolute atomic E-state index is 0.603. The zero-order valence-electron chi connectivity index (χ0n) is 12.4. The summed E-state index contributed by atoms with van der Waals surface area (Å²) in [6, 6.07) is 9.68. The predicted octanol–water partition coefficient (Wildman–Crippen LogP) is 3.05. The van der Waals surface area contributed by atoms with Crippen molar-refractivity contribution in [3.8, 4) is 5.75 Å². The van der Waals surface area contributed by atoms with Crippen molar-refractivity contribution >= 4 is 5.69 Å². The van der Waals surface area contributed by atoms with Crippen LogP contribution in [-0.2, 0) is 0 Å². The average molecular weight is 262 g/mol. The Morgan fingerprint density at radius 3 is 2.53 bits per heavy atom. The van der Waals surface area contributed by atoms with Crippen molar-refractivity contribution in [1.29, 1.82) is 0 Å². The van der Waals surface area contributed by atoms with Crippen LogP contribution >= 0.6 is 0 Å². The highest BCUT2D eigenvalue weighted by molar-refractivity contribution is 5.49. The molecule has 1 N–H and O–H groups in total. The minimum atomic E-state index is 0.603. The lowest BCUT2D eigenvalue weighted by atomic mass is 10.1. The number of ether oxygens (including phenoxy) is 1. The zero-order valence-corrected chi connectivity index (χ0v) is 12.4. The predicted molar refractivity (Wildman–Crippen MR) is 81.1 cm³/mol. The molecule has 0 saturated carbocycles. The van der Waals surface area contributed by atoms with Gasteiger partial charge < -0.3 is 15.0 Å². The summed E-state index contributed by atoms with van der Waals surface area (Å²) in [5.41, 5.74) is 1.31. The molecule has 0 aliphatic carbocycles. The normalized spacial score (nSPS) is 24.7. The molecule has 1 aromatic carbocycles. The Morgan fingerprint density at radius 1 is 1.21 bits per heavy atom. The van der Waals surface area contributed by atoms with Gasteiger partial charge in [0.15, 0.2) is 0 Å². The summed E-state index contributed by atoms with van der Waals surface area (Å²) in [5.74, 6) is 0.928. The van der Waals surface area contributed by atoms with E-state index < -0.39 is 0 Å². The molecule has 0 radical (unpaired) electrons. The molecule has 1 aliphatic rings. The molecule has 1 heterocycles. The van der Waals surface area contributed by atoms with Crippen LogP contribution in [0.1, 0.15) is 33.1 Å². The third kappa shape index (κ3) is 3.87. The summed E-state index contributed by atoms with van der Waals surface area (Å²) in [5, 5.41) is 3.71. The van der Waals surface area contributed by atoms with E-state index in [1.807, 2.05) is 12.1 Å². The first-order valence-electron chi connectivity index (χ1n) is 7.38. The third-order valence-corrected chi connectivity index (χ3v) is 4.03. The van der Waals surface area contributed by atoms with Crippen LogP contribution in [0.15, 0.2) is 24.3 Å². The highest BCUT2D eigenvalue weighted by Gasteiger charge is 2.17. The molecule has 1 fully saturated rings. The molecule has 0 bridgehead atoms. The van der Waals surface area contributed by atoms with Gasteiger partial charge in [0.25, 0.3) is 0 Å². The van der Waals surface area contributed by atoms with Gasteiger partial charge >= 0.3 is 0 Å². The van der Waals surface area contributed by atoms with Gasteiger partial charge in [0.2, 0.25) is 0 Å². The van der Waals surface area contributed by atoms with Crippen molar-refractivity contribution < 1.29 is 4.74 Å². The summed E-state index contributed by atoms with van der Waals surface area (Å²) in [6.45, 7) is 6.81. The second kappa shape index (κ2) is 6.80. The summed E-state index contributed by atoms with van der Waals surface area (Å²) in [7, 11) is 1.71. The van der Waals surface area contributed by atoms with Gasteiger partial charge in [-0.2, -0.15) is 0 Å². The van der Waals surface area contributed by atoms with Crippen molar-refractivity contribution in [2.75, 3.05) is 25.1 Å². The number of hydrogen-bond acceptors (Lipinski definition) is 3. The van der Waals surface area contributed by atoms with Gasteiger partial charge in [0, 0.05) is 30.9 Å². The molecular formula is C16H26N2O. The SMILES string of the molecule is CCC1CCN(c2ccc(OC)cc2)CCC(C)N1. The molecule has 0 spiro atoms. The molecule has 3 nitrogen and oxygen atoms in total. The Labute approximate surface area is 116 Å². The van der Waals surface area contributed by atoms with E-state index in [1.165, 1.54) is 24.9 Å². The molecule has 0 amide bonds. The highest BCUT2D eigenvalue weighted by atomic mass is 16.5. The number of benzene rings is 1. The number of hydrogen-bond donors (Lipinski definition) is 1. The van der Waals surface area contributed by atoms with E-state index in [0.29, 0.717) is 12.1 Å². The molecule has 1 aliphatic heterocycles. The fourth-order valence-corrected chi connectivity index (χ4v) is 2.72. The van der Waals surface area contributed by atoms with Gasteiger partial charge in [-0.25, -0.2) is 0 Å². The van der Waals surface area contributed by atoms with E-state index in [9.17, 15) is 0 Å². The Bertz CT molecular complexity index is 377. The number of rotatable bonds is 3. The van der Waals surface area contributed by atoms with Gasteiger partial charge in [0.1, 0.15) is 5.75 Å². The lowest BCUT2D eigenvalue weighted by Crippen LogP contribution is -2.44. The van der Waals surface area contributed by atoms with E-state index >= 15 is 0 Å². The molecule has 2 unspecified atom stereocenters. The fraction of sp³-hybridized carbons (Fsp3) is 0.625. The van der Waals surface area contributed by atoms with Gasteiger partial charge in [-0.3, -0.25) is 0 Å². The van der Waals surface area contributed by atoms with E-state index in [0.717, 1.165) is 18.8 Å². The first-order valence-corrected chi connectivity index (χ1v) is 7.38. The summed E-state index contributed by atoms with van der Waals surface area (Å²) in [6.07, 6.45) is 3.62. The largest absolute Gasteiger partial charge is 0.497 e. The van der Waals surface area contributed by atoms with Crippen LogP contribution < -0.4 is 15.0 Å². The van der Waals surface area contributed by atoms with Crippen LogP contribution in [-0.4, -0.2) is 32.3 Å². The molecular weight excluding hydrogens is 236 g/mol. The topological polar surface area (TPSA) is 24.5 Å². The maximum Gasteiger partial charge on any atom is 0.119 e. The molecule has 1 saturated heterocycles. The monoisotopic (exact) mass is 262 g/mol. The quantitative estimate of drug-likeness (QED) is 0.906. The summed E-state index contributed by atoms with van der Waals surface area (Å²) in [4.78, 5) is 2.50. The maximum atomic E-state index is 5.22. The van der Waals surface area contributed by atoms with Crippen LogP contribution in [0.4, 0.5) is 5.69 Å². The molecule has 2 atom stereocenters. The standard InChI is InChI=1S/C16H26N2O/c1-4-14-10-12-18(11-9-13(2)17-14)15-5-7-16(19-3)8-6-15/h5-8,13-14,17H,4,9-12H2,1-3H3. The molecule has 2 rings (SSSR count). The lowest BCUT2D eigenvalue weighted by molar-refractivity contribution is 0.378. The molecule has 1 aromatic rings. The van der Waals surface area contributed by atoms with Gasteiger partial charge in [-0.1, -0.05) is 6.92 Å². The number of nitrogens with one attached hydrogen (secondary N) is 1. The number of nitrogens with zero attached hydrogens (tertiary/aromatic N) is 1. The van der Waals surface area contributed by atoms with Crippen LogP contribution in [0, 0.1) is 0 Å². The maximum absolute atomic E-state index is 5.22. The molecule has 0 aromatic heterocycles. The third-order valence-electron chi connectivity index (χ3n) is 4.03. The van der Waals surface area contributed by atoms with E-state index in [2.05, 4.69) is 36.2 Å². The van der Waals surface area contributed by atoms with Gasteiger partial charge in [-0.15, -0.1) is 0 Å². The zero-order chi connectivity index (χ0) is 13.7. The van der Waals surface area contributed by atoms with E-state index in [1.54, 1.807) is 7.11 Å². The Balaban J connectivity index is 2.04. The molecule has 19 heavy (non-hydrogen) atoms. The van der Waals surface area contributed by atoms with Gasteiger partial charge in [-0.05, 0) is 50.5 Å². The van der Waals surface area contributed by atoms with Crippen LogP contribution in [0.25, 0.3) is 0 Å². The van der Waals surface area contributed by atoms with Gasteiger partial charge in [0.05, 0.1) is 7.11 Å². The lowest BCUT2D eigenvalue weighted by Gasteiger charge is -2.33. The van der Waals surface area contributed by atoms with E-state index in [-0.39, 0.29) is 0 Å². The summed E-state index contributed by atoms with van der Waals surface area (Å²) >= 11 is 0. The van der Waals surface area contributed by atoms with Crippen LogP contribution in [0.3, 0.4) is 0 Å². The summed E-state index contributed by atoms with van der Waals surface area (Å²) < 4.78 is 5.22. The Morgan fingerprint density at radius 2 is 1.89 bits per heavy atom. The fourth-order valence-electron chi connectivity index (χ4n) is 2.72. The average Bonchev–Trinajstić information content (AvgIpc) is 2.43. The van der Waals surface area contributed by atoms with Crippen molar-refractivity contribution in [3.05, 3.63) is 24.3 Å². The Hall–Kier alpha value is -1.22. The number of methoxy groups -OCH3 is 1. The van der Waals surface area contributed by atoms with Crippen molar-refractivity contribution in [2.45, 2.75) is 45.2 Å². The smallest absolute Gasteiger partial charge is 0.119 e. The second-order valence-electron chi connectivity index (χ2n) is 5.44. The highest BCUT2D eigenvalue weighted by Crippen LogP contribution is 2.21. The Kier molecular flexibility index (Phi) is 5.08. The molecule has 106 valence electrons. The van der Waals surface area contributed by atoms with E-state index in [4.69, 9.17) is 4.74 Å². The first kappa shape index (κ1) is 14.2. The van der Waals surface area contributed by atoms with Crippen molar-refractivity contribution in [1.82, 2.24) is 5.32 Å². The van der Waals surface area contributed by atoms with Crippen molar-refractivity contribution in [2.24, 2.45) is 0 Å². The first-order chi connectivity index (χ1) is 9.22. The molecule has 3 heteroatoms. The van der Waals surface area contributed by atoms with Crippen molar-refractivity contribution in [3.63, 3.8) is 0 Å². The number of anilines is 1.